The number of para-hydroxylation sites is 2. The molecule has 0 saturated carbocycles. The van der Waals surface area contributed by atoms with Crippen LogP contribution in [0.25, 0.3) is 22.4 Å². The molecule has 0 radical (unpaired) electrons. The van der Waals surface area contributed by atoms with E-state index in [4.69, 9.17) is 4.42 Å². The molecule has 0 aliphatic carbocycles. The first kappa shape index (κ1) is 18.7. The zero-order chi connectivity index (χ0) is 19.3. The number of carbonyl (C=O) groups excluding carboxylic acids is 1. The molecule has 7 heteroatoms. The van der Waals surface area contributed by atoms with E-state index in [-0.39, 0.29) is 11.7 Å². The topological polar surface area (TPSA) is 68.0 Å². The van der Waals surface area contributed by atoms with Gasteiger partial charge in [0.1, 0.15) is 5.52 Å². The molecule has 0 atom stereocenters. The molecule has 28 heavy (non-hydrogen) atoms. The Morgan fingerprint density at radius 1 is 1.14 bits per heavy atom. The van der Waals surface area contributed by atoms with E-state index in [0.717, 1.165) is 33.8 Å². The minimum atomic E-state index is -0.0261. The molecule has 1 N–H and O–H groups in total. The summed E-state index contributed by atoms with van der Waals surface area (Å²) in [7, 11) is 0. The highest BCUT2D eigenvalue weighted by Gasteiger charge is 2.09. The van der Waals surface area contributed by atoms with Gasteiger partial charge in [0.2, 0.25) is 5.91 Å². The summed E-state index contributed by atoms with van der Waals surface area (Å²) in [6, 6.07) is 15.9. The lowest BCUT2D eigenvalue weighted by molar-refractivity contribution is -0.118. The van der Waals surface area contributed by atoms with E-state index in [2.05, 4.69) is 44.9 Å². The Labute approximate surface area is 171 Å². The minimum Gasteiger partial charge on any atom is -0.431 e. The van der Waals surface area contributed by atoms with Crippen LogP contribution in [-0.2, 0) is 11.2 Å². The van der Waals surface area contributed by atoms with E-state index in [1.807, 2.05) is 31.2 Å². The van der Waals surface area contributed by atoms with Crippen molar-refractivity contribution in [3.05, 3.63) is 64.5 Å². The molecule has 0 aliphatic heterocycles. The second-order valence-corrected chi connectivity index (χ2v) is 8.27. The van der Waals surface area contributed by atoms with Gasteiger partial charge in [0, 0.05) is 17.5 Å². The van der Waals surface area contributed by atoms with Crippen LogP contribution in [0.2, 0.25) is 0 Å². The number of aromatic nitrogens is 2. The van der Waals surface area contributed by atoms with Gasteiger partial charge in [0.05, 0.1) is 16.5 Å². The number of carbonyl (C=O) groups is 1. The number of nitrogens with zero attached hydrogens (tertiary/aromatic N) is 2. The average molecular weight is 410 g/mol. The standard InChI is InChI=1S/C21H19N3O2S2/c1-14-23-18(12-27-14)16-8-6-15(7-9-16)10-11-22-20(25)13-28-21-24-17-4-2-3-5-19(17)26-21/h2-9,12H,10-11,13H2,1H3,(H,22,25). The van der Waals surface area contributed by atoms with Crippen molar-refractivity contribution >= 4 is 40.1 Å². The van der Waals surface area contributed by atoms with Crippen LogP contribution in [0.3, 0.4) is 0 Å². The van der Waals surface area contributed by atoms with Crippen molar-refractivity contribution in [2.24, 2.45) is 0 Å². The van der Waals surface area contributed by atoms with E-state index in [1.54, 1.807) is 11.3 Å². The summed E-state index contributed by atoms with van der Waals surface area (Å²) < 4.78 is 5.61. The Hall–Kier alpha value is -2.64. The second kappa shape index (κ2) is 8.58. The highest BCUT2D eigenvalue weighted by atomic mass is 32.2. The third kappa shape index (κ3) is 4.61. The molecule has 0 spiro atoms. The molecule has 2 heterocycles. The van der Waals surface area contributed by atoms with Gasteiger partial charge in [-0.3, -0.25) is 4.79 Å². The number of thiazole rings is 1. The van der Waals surface area contributed by atoms with Crippen LogP contribution < -0.4 is 5.32 Å². The first-order chi connectivity index (χ1) is 13.7. The highest BCUT2D eigenvalue weighted by molar-refractivity contribution is 7.99. The van der Waals surface area contributed by atoms with Gasteiger partial charge < -0.3 is 9.73 Å². The van der Waals surface area contributed by atoms with Crippen molar-refractivity contribution in [2.45, 2.75) is 18.6 Å². The Morgan fingerprint density at radius 2 is 1.96 bits per heavy atom. The lowest BCUT2D eigenvalue weighted by atomic mass is 10.1. The third-order valence-electron chi connectivity index (χ3n) is 4.21. The molecule has 0 bridgehead atoms. The number of benzene rings is 2. The molecule has 0 unspecified atom stereocenters. The van der Waals surface area contributed by atoms with E-state index in [0.29, 0.717) is 11.8 Å². The summed E-state index contributed by atoms with van der Waals surface area (Å²) in [5, 5.41) is 6.60. The van der Waals surface area contributed by atoms with Gasteiger partial charge in [-0.15, -0.1) is 11.3 Å². The second-order valence-electron chi connectivity index (χ2n) is 6.28. The lowest BCUT2D eigenvalue weighted by Gasteiger charge is -2.05. The Morgan fingerprint density at radius 3 is 2.71 bits per heavy atom. The van der Waals surface area contributed by atoms with Crippen LogP contribution in [0.15, 0.2) is 63.6 Å². The fourth-order valence-corrected chi connectivity index (χ4v) is 4.07. The number of fused-ring (bicyclic) bond motifs is 1. The normalized spacial score (nSPS) is 11.0. The molecule has 2 aromatic carbocycles. The summed E-state index contributed by atoms with van der Waals surface area (Å²) in [6.07, 6.45) is 0.787. The van der Waals surface area contributed by atoms with Gasteiger partial charge >= 0.3 is 0 Å². The van der Waals surface area contributed by atoms with Crippen molar-refractivity contribution in [2.75, 3.05) is 12.3 Å². The molecule has 0 aliphatic rings. The van der Waals surface area contributed by atoms with Gasteiger partial charge in [-0.05, 0) is 31.0 Å². The summed E-state index contributed by atoms with van der Waals surface area (Å²) in [5.74, 6) is 0.261. The molecule has 5 nitrogen and oxygen atoms in total. The number of amides is 1. The van der Waals surface area contributed by atoms with E-state index in [1.165, 1.54) is 17.3 Å². The summed E-state index contributed by atoms with van der Waals surface area (Å²) in [4.78, 5) is 20.9. The van der Waals surface area contributed by atoms with Crippen LogP contribution >= 0.6 is 23.1 Å². The SMILES string of the molecule is Cc1nc(-c2ccc(CCNC(=O)CSc3nc4ccccc4o3)cc2)cs1. The fourth-order valence-electron chi connectivity index (χ4n) is 2.78. The Kier molecular flexibility index (Phi) is 5.73. The Balaban J connectivity index is 1.22. The average Bonchev–Trinajstić information content (AvgIpc) is 3.33. The number of thioether (sulfide) groups is 1. The van der Waals surface area contributed by atoms with Gasteiger partial charge in [-0.25, -0.2) is 9.97 Å². The number of hydrogen-bond donors (Lipinski definition) is 1. The number of oxazole rings is 1. The van der Waals surface area contributed by atoms with E-state index >= 15 is 0 Å². The van der Waals surface area contributed by atoms with Crippen molar-refractivity contribution in [1.82, 2.24) is 15.3 Å². The van der Waals surface area contributed by atoms with E-state index < -0.39 is 0 Å². The summed E-state index contributed by atoms with van der Waals surface area (Å²) in [5.41, 5.74) is 4.86. The van der Waals surface area contributed by atoms with Gasteiger partial charge in [0.15, 0.2) is 5.58 Å². The van der Waals surface area contributed by atoms with Gasteiger partial charge in [0.25, 0.3) is 5.22 Å². The molecule has 0 fully saturated rings. The molecule has 2 aromatic heterocycles. The predicted molar refractivity (Wildman–Crippen MR) is 114 cm³/mol. The van der Waals surface area contributed by atoms with Gasteiger partial charge in [-0.2, -0.15) is 0 Å². The predicted octanol–water partition coefficient (Wildman–Crippen LogP) is 4.71. The molecule has 4 aromatic rings. The molecular formula is C21H19N3O2S2. The zero-order valence-electron chi connectivity index (χ0n) is 15.3. The molecular weight excluding hydrogens is 390 g/mol. The summed E-state index contributed by atoms with van der Waals surface area (Å²) >= 11 is 2.96. The van der Waals surface area contributed by atoms with Crippen LogP contribution in [0.4, 0.5) is 0 Å². The van der Waals surface area contributed by atoms with Crippen molar-refractivity contribution in [1.29, 1.82) is 0 Å². The number of nitrogens with one attached hydrogen (secondary N) is 1. The molecule has 142 valence electrons. The van der Waals surface area contributed by atoms with Crippen LogP contribution in [0.1, 0.15) is 10.6 Å². The van der Waals surface area contributed by atoms with Crippen molar-refractivity contribution in [3.63, 3.8) is 0 Å². The van der Waals surface area contributed by atoms with E-state index in [9.17, 15) is 4.79 Å². The third-order valence-corrected chi connectivity index (χ3v) is 5.81. The first-order valence-electron chi connectivity index (χ1n) is 8.94. The molecule has 4 rings (SSSR count). The van der Waals surface area contributed by atoms with Gasteiger partial charge in [-0.1, -0.05) is 48.2 Å². The monoisotopic (exact) mass is 409 g/mol. The quantitative estimate of drug-likeness (QED) is 0.448. The van der Waals surface area contributed by atoms with Crippen molar-refractivity contribution < 1.29 is 9.21 Å². The fraction of sp³-hybridized carbons (Fsp3) is 0.190. The minimum absolute atomic E-state index is 0.0261. The maximum Gasteiger partial charge on any atom is 0.257 e. The smallest absolute Gasteiger partial charge is 0.257 e. The number of hydrogen-bond acceptors (Lipinski definition) is 6. The first-order valence-corrected chi connectivity index (χ1v) is 10.8. The Bertz CT molecular complexity index is 1050. The van der Waals surface area contributed by atoms with Crippen LogP contribution in [0.5, 0.6) is 0 Å². The maximum absolute atomic E-state index is 12.1. The number of rotatable bonds is 7. The summed E-state index contributed by atoms with van der Waals surface area (Å²) in [6.45, 7) is 2.61. The maximum atomic E-state index is 12.1. The zero-order valence-corrected chi connectivity index (χ0v) is 17.0. The van der Waals surface area contributed by atoms with Crippen LogP contribution in [-0.4, -0.2) is 28.2 Å². The largest absolute Gasteiger partial charge is 0.431 e. The molecule has 1 amide bonds. The molecule has 0 saturated heterocycles. The lowest BCUT2D eigenvalue weighted by Crippen LogP contribution is -2.27. The number of aryl methyl sites for hydroxylation is 1. The van der Waals surface area contributed by atoms with Crippen molar-refractivity contribution in [3.8, 4) is 11.3 Å². The van der Waals surface area contributed by atoms with Crippen LogP contribution in [0, 0.1) is 6.92 Å². The highest BCUT2D eigenvalue weighted by Crippen LogP contribution is 2.23.